The summed E-state index contributed by atoms with van der Waals surface area (Å²) in [5.74, 6) is 4.04. The largest absolute Gasteiger partial charge is 0.369 e. The Morgan fingerprint density at radius 1 is 1.08 bits per heavy atom. The highest BCUT2D eigenvalue weighted by Gasteiger charge is 2.65. The molecular weight excluding hydrogens is 164 g/mol. The van der Waals surface area contributed by atoms with E-state index in [1.165, 1.54) is 19.3 Å². The van der Waals surface area contributed by atoms with Gasteiger partial charge in [-0.1, -0.05) is 6.42 Å². The van der Waals surface area contributed by atoms with Crippen LogP contribution >= 0.6 is 0 Å². The molecule has 0 aromatic carbocycles. The van der Waals surface area contributed by atoms with Crippen molar-refractivity contribution in [2.24, 2.45) is 23.7 Å². The van der Waals surface area contributed by atoms with Crippen molar-refractivity contribution in [2.75, 3.05) is 0 Å². The first-order valence-electron chi connectivity index (χ1n) is 5.21. The zero-order chi connectivity index (χ0) is 7.87. The monoisotopic (exact) mass is 177 g/mol. The molecule has 12 heavy (non-hydrogen) atoms. The zero-order valence-electron chi connectivity index (χ0n) is 7.07. The van der Waals surface area contributed by atoms with Crippen molar-refractivity contribution < 1.29 is 4.74 Å². The van der Waals surface area contributed by atoms with Crippen LogP contribution in [-0.2, 0) is 4.74 Å². The van der Waals surface area contributed by atoms with E-state index in [0.29, 0.717) is 12.2 Å². The Morgan fingerprint density at radius 3 is 2.92 bits per heavy atom. The minimum atomic E-state index is 0.697. The van der Waals surface area contributed by atoms with Gasteiger partial charge in [0, 0.05) is 10.2 Å². The number of hydrogen-bond acceptors (Lipinski definition) is 1. The summed E-state index contributed by atoms with van der Waals surface area (Å²) < 4.78 is 5.65. The standard InChI is InChI=1S/C10H13OSi/c12-8-2-4-1-6(8)9-5(4)3-7-10(9)11-7/h4-10H,1-3H2. The van der Waals surface area contributed by atoms with Crippen LogP contribution in [0.1, 0.15) is 19.3 Å². The molecule has 7 atom stereocenters. The Labute approximate surface area is 76.3 Å². The predicted octanol–water partition coefficient (Wildman–Crippen LogP) is 1.39. The molecule has 4 fully saturated rings. The SMILES string of the molecule is [Si]C1CC2CC1C1C2CC2OC21. The van der Waals surface area contributed by atoms with Gasteiger partial charge in [-0.3, -0.25) is 0 Å². The second kappa shape index (κ2) is 1.83. The fourth-order valence-corrected chi connectivity index (χ4v) is 4.97. The van der Waals surface area contributed by atoms with E-state index in [-0.39, 0.29) is 0 Å². The molecule has 1 nitrogen and oxygen atoms in total. The van der Waals surface area contributed by atoms with E-state index in [1.54, 1.807) is 0 Å². The zero-order valence-corrected chi connectivity index (χ0v) is 8.07. The molecule has 0 spiro atoms. The van der Waals surface area contributed by atoms with Gasteiger partial charge in [0.25, 0.3) is 0 Å². The molecule has 7 unspecified atom stereocenters. The van der Waals surface area contributed by atoms with Gasteiger partial charge in [0.15, 0.2) is 0 Å². The van der Waals surface area contributed by atoms with Gasteiger partial charge in [-0.25, -0.2) is 0 Å². The van der Waals surface area contributed by atoms with Crippen LogP contribution in [0.2, 0.25) is 5.54 Å². The maximum atomic E-state index is 5.65. The Balaban J connectivity index is 1.74. The van der Waals surface area contributed by atoms with Crippen LogP contribution in [0, 0.1) is 23.7 Å². The van der Waals surface area contributed by atoms with Gasteiger partial charge in [-0.15, -0.1) is 0 Å². The summed E-state index contributed by atoms with van der Waals surface area (Å²) in [7, 11) is 3.87. The average Bonchev–Trinajstić information content (AvgIpc) is 2.42. The van der Waals surface area contributed by atoms with E-state index in [9.17, 15) is 0 Å². The minimum absolute atomic E-state index is 0.697. The Bertz CT molecular complexity index is 242. The van der Waals surface area contributed by atoms with E-state index in [2.05, 4.69) is 10.2 Å². The van der Waals surface area contributed by atoms with Crippen molar-refractivity contribution in [3.05, 3.63) is 0 Å². The van der Waals surface area contributed by atoms with Crippen LogP contribution in [0.5, 0.6) is 0 Å². The van der Waals surface area contributed by atoms with Gasteiger partial charge in [-0.2, -0.15) is 0 Å². The third kappa shape index (κ3) is 0.588. The van der Waals surface area contributed by atoms with Gasteiger partial charge in [0.2, 0.25) is 0 Å². The Morgan fingerprint density at radius 2 is 2.00 bits per heavy atom. The molecule has 1 saturated heterocycles. The molecule has 63 valence electrons. The molecule has 3 saturated carbocycles. The smallest absolute Gasteiger partial charge is 0.0875 e. The summed E-state index contributed by atoms with van der Waals surface area (Å²) in [6, 6.07) is 0. The van der Waals surface area contributed by atoms with Crippen molar-refractivity contribution >= 4 is 10.2 Å². The molecule has 1 aliphatic heterocycles. The number of epoxide rings is 1. The first-order valence-corrected chi connectivity index (χ1v) is 5.79. The van der Waals surface area contributed by atoms with Crippen molar-refractivity contribution in [3.8, 4) is 0 Å². The number of rotatable bonds is 0. The molecule has 2 heteroatoms. The number of hydrogen-bond donors (Lipinski definition) is 0. The molecule has 3 aliphatic carbocycles. The molecule has 4 rings (SSSR count). The molecule has 0 amide bonds. The molecule has 0 aromatic heterocycles. The second-order valence-electron chi connectivity index (χ2n) is 5.12. The Kier molecular flexibility index (Phi) is 1.01. The minimum Gasteiger partial charge on any atom is -0.369 e. The average molecular weight is 177 g/mol. The van der Waals surface area contributed by atoms with Crippen molar-refractivity contribution in [1.29, 1.82) is 0 Å². The first-order chi connectivity index (χ1) is 5.84. The summed E-state index contributed by atoms with van der Waals surface area (Å²) in [6.45, 7) is 0. The summed E-state index contributed by atoms with van der Waals surface area (Å²) in [5, 5.41) is 0. The third-order valence-electron chi connectivity index (χ3n) is 4.75. The summed E-state index contributed by atoms with van der Waals surface area (Å²) in [4.78, 5) is 0. The number of fused-ring (bicyclic) bond motifs is 7. The van der Waals surface area contributed by atoms with Gasteiger partial charge < -0.3 is 4.74 Å². The quantitative estimate of drug-likeness (QED) is 0.402. The summed E-state index contributed by atoms with van der Waals surface area (Å²) in [5.41, 5.74) is 0.819. The van der Waals surface area contributed by atoms with Crippen molar-refractivity contribution in [2.45, 2.75) is 37.0 Å². The highest BCUT2D eigenvalue weighted by molar-refractivity contribution is 6.12. The van der Waals surface area contributed by atoms with E-state index in [4.69, 9.17) is 4.74 Å². The van der Waals surface area contributed by atoms with Crippen LogP contribution in [0.4, 0.5) is 0 Å². The van der Waals surface area contributed by atoms with Crippen LogP contribution in [0.3, 0.4) is 0 Å². The number of ether oxygens (including phenoxy) is 1. The van der Waals surface area contributed by atoms with E-state index in [0.717, 1.165) is 29.2 Å². The highest BCUT2D eigenvalue weighted by Crippen LogP contribution is 2.66. The van der Waals surface area contributed by atoms with E-state index < -0.39 is 0 Å². The highest BCUT2D eigenvalue weighted by atomic mass is 28.1. The maximum absolute atomic E-state index is 5.65. The molecule has 1 heterocycles. The summed E-state index contributed by atoms with van der Waals surface area (Å²) >= 11 is 0. The lowest BCUT2D eigenvalue weighted by molar-refractivity contribution is 0.148. The van der Waals surface area contributed by atoms with Crippen LogP contribution in [-0.4, -0.2) is 22.5 Å². The van der Waals surface area contributed by atoms with Crippen molar-refractivity contribution in [3.63, 3.8) is 0 Å². The molecular formula is C10H13OSi. The fraction of sp³-hybridized carbons (Fsp3) is 1.00. The predicted molar refractivity (Wildman–Crippen MR) is 46.0 cm³/mol. The van der Waals surface area contributed by atoms with Gasteiger partial charge in [0.1, 0.15) is 0 Å². The van der Waals surface area contributed by atoms with Gasteiger partial charge in [-0.05, 0) is 42.1 Å². The first kappa shape index (κ1) is 6.60. The van der Waals surface area contributed by atoms with E-state index >= 15 is 0 Å². The van der Waals surface area contributed by atoms with Crippen molar-refractivity contribution in [1.82, 2.24) is 0 Å². The molecule has 2 bridgehead atoms. The lowest BCUT2D eigenvalue weighted by Gasteiger charge is -2.30. The fourth-order valence-electron chi connectivity index (χ4n) is 4.31. The van der Waals surface area contributed by atoms with Gasteiger partial charge in [0.05, 0.1) is 12.2 Å². The molecule has 4 aliphatic rings. The van der Waals surface area contributed by atoms with Crippen LogP contribution in [0.15, 0.2) is 0 Å². The summed E-state index contributed by atoms with van der Waals surface area (Å²) in [6.07, 6.45) is 5.74. The Hall–Kier alpha value is 0.177. The molecule has 0 aromatic rings. The molecule has 3 radical (unpaired) electrons. The second-order valence-corrected chi connectivity index (χ2v) is 5.86. The van der Waals surface area contributed by atoms with Gasteiger partial charge >= 0.3 is 0 Å². The lowest BCUT2D eigenvalue weighted by atomic mass is 9.80. The van der Waals surface area contributed by atoms with Crippen LogP contribution < -0.4 is 0 Å². The van der Waals surface area contributed by atoms with E-state index in [1.807, 2.05) is 0 Å². The molecule has 0 N–H and O–H groups in total. The van der Waals surface area contributed by atoms with Crippen LogP contribution in [0.25, 0.3) is 0 Å². The normalized spacial score (nSPS) is 71.2. The lowest BCUT2D eigenvalue weighted by Crippen LogP contribution is -2.25. The maximum Gasteiger partial charge on any atom is 0.0875 e. The third-order valence-corrected chi connectivity index (χ3v) is 5.41. The topological polar surface area (TPSA) is 12.5 Å².